The summed E-state index contributed by atoms with van der Waals surface area (Å²) in [6, 6.07) is 6.60. The summed E-state index contributed by atoms with van der Waals surface area (Å²) in [7, 11) is 0. The second-order valence-electron chi connectivity index (χ2n) is 4.01. The first kappa shape index (κ1) is 11.3. The van der Waals surface area contributed by atoms with Crippen molar-refractivity contribution in [3.8, 4) is 5.75 Å². The predicted molar refractivity (Wildman–Crippen MR) is 62.9 cm³/mol. The number of likely N-dealkylation sites (tertiary alicyclic amines) is 1. The van der Waals surface area contributed by atoms with Crippen molar-refractivity contribution in [3.63, 3.8) is 0 Å². The quantitative estimate of drug-likeness (QED) is 0.764. The molecule has 0 aromatic heterocycles. The van der Waals surface area contributed by atoms with Crippen LogP contribution in [0.4, 0.5) is 0 Å². The normalized spacial score (nSPS) is 20.8. The molecule has 1 amide bonds. The maximum Gasteiger partial charge on any atom is 0.257 e. The van der Waals surface area contributed by atoms with Gasteiger partial charge in [0.05, 0.1) is 10.9 Å². The van der Waals surface area contributed by atoms with Crippen LogP contribution in [0.3, 0.4) is 0 Å². The van der Waals surface area contributed by atoms with Gasteiger partial charge in [-0.3, -0.25) is 4.79 Å². The average Bonchev–Trinajstić information content (AvgIpc) is 2.29. The van der Waals surface area contributed by atoms with Crippen molar-refractivity contribution in [2.45, 2.75) is 18.2 Å². The van der Waals surface area contributed by atoms with Gasteiger partial charge in [0.1, 0.15) is 5.75 Å². The Hall–Kier alpha value is -1.22. The van der Waals surface area contributed by atoms with Crippen LogP contribution in [0.2, 0.25) is 0 Å². The number of rotatable bonds is 1. The Morgan fingerprint density at radius 2 is 2.19 bits per heavy atom. The summed E-state index contributed by atoms with van der Waals surface area (Å²) in [6.45, 7) is 1.28. The van der Waals surface area contributed by atoms with Crippen molar-refractivity contribution >= 4 is 17.5 Å². The molecule has 1 heterocycles. The Morgan fingerprint density at radius 1 is 1.44 bits per heavy atom. The molecule has 3 nitrogen and oxygen atoms in total. The fraction of sp³-hybridized carbons (Fsp3) is 0.417. The van der Waals surface area contributed by atoms with E-state index >= 15 is 0 Å². The molecule has 0 spiro atoms. The topological polar surface area (TPSA) is 40.5 Å². The van der Waals surface area contributed by atoms with E-state index < -0.39 is 0 Å². The number of halogens is 1. The highest BCUT2D eigenvalue weighted by atomic mass is 35.5. The molecule has 2 rings (SSSR count). The summed E-state index contributed by atoms with van der Waals surface area (Å²) in [5, 5.41) is 9.63. The Balaban J connectivity index is 2.16. The third-order valence-corrected chi connectivity index (χ3v) is 3.14. The second kappa shape index (κ2) is 4.74. The SMILES string of the molecule is O=C(c1ccccc1O)N1CCCC(Cl)C1. The van der Waals surface area contributed by atoms with Crippen LogP contribution in [0.25, 0.3) is 0 Å². The van der Waals surface area contributed by atoms with Crippen LogP contribution in [0.5, 0.6) is 5.75 Å². The highest BCUT2D eigenvalue weighted by molar-refractivity contribution is 6.21. The van der Waals surface area contributed by atoms with Crippen molar-refractivity contribution in [2.75, 3.05) is 13.1 Å². The van der Waals surface area contributed by atoms with Gasteiger partial charge in [-0.2, -0.15) is 0 Å². The van der Waals surface area contributed by atoms with Crippen molar-refractivity contribution < 1.29 is 9.90 Å². The Labute approximate surface area is 99.6 Å². The number of hydrogen-bond acceptors (Lipinski definition) is 2. The van der Waals surface area contributed by atoms with Gasteiger partial charge >= 0.3 is 0 Å². The number of aromatic hydroxyl groups is 1. The van der Waals surface area contributed by atoms with Crippen molar-refractivity contribution in [2.24, 2.45) is 0 Å². The first-order chi connectivity index (χ1) is 7.68. The van der Waals surface area contributed by atoms with Crippen LogP contribution in [0.15, 0.2) is 24.3 Å². The molecule has 1 N–H and O–H groups in total. The number of amides is 1. The lowest BCUT2D eigenvalue weighted by Gasteiger charge is -2.30. The van der Waals surface area contributed by atoms with Crippen LogP contribution < -0.4 is 0 Å². The molecule has 0 saturated carbocycles. The maximum atomic E-state index is 12.1. The van der Waals surface area contributed by atoms with Crippen LogP contribution >= 0.6 is 11.6 Å². The van der Waals surface area contributed by atoms with Crippen LogP contribution in [-0.2, 0) is 0 Å². The van der Waals surface area contributed by atoms with Gasteiger partial charge in [-0.1, -0.05) is 12.1 Å². The van der Waals surface area contributed by atoms with Crippen molar-refractivity contribution in [3.05, 3.63) is 29.8 Å². The summed E-state index contributed by atoms with van der Waals surface area (Å²) in [4.78, 5) is 13.8. The number of hydrogen-bond donors (Lipinski definition) is 1. The number of phenolic OH excluding ortho intramolecular Hbond substituents is 1. The molecule has 86 valence electrons. The molecule has 0 bridgehead atoms. The standard InChI is InChI=1S/C12H14ClNO2/c13-9-4-3-7-14(8-9)12(16)10-5-1-2-6-11(10)15/h1-2,5-6,9,15H,3-4,7-8H2. The zero-order valence-electron chi connectivity index (χ0n) is 8.90. The number of nitrogens with zero attached hydrogens (tertiary/aromatic N) is 1. The summed E-state index contributed by atoms with van der Waals surface area (Å²) < 4.78 is 0. The molecule has 1 aromatic carbocycles. The first-order valence-electron chi connectivity index (χ1n) is 5.40. The summed E-state index contributed by atoms with van der Waals surface area (Å²) >= 11 is 6.03. The molecule has 0 radical (unpaired) electrons. The van der Waals surface area contributed by atoms with E-state index in [9.17, 15) is 9.90 Å². The summed E-state index contributed by atoms with van der Waals surface area (Å²) in [5.74, 6) is -0.104. The third kappa shape index (κ3) is 2.30. The van der Waals surface area contributed by atoms with E-state index in [2.05, 4.69) is 0 Å². The molecule has 1 unspecified atom stereocenters. The Morgan fingerprint density at radius 3 is 2.88 bits per heavy atom. The van der Waals surface area contributed by atoms with Gasteiger partial charge in [0, 0.05) is 13.1 Å². The smallest absolute Gasteiger partial charge is 0.257 e. The maximum absolute atomic E-state index is 12.1. The molecule has 1 aromatic rings. The van der Waals surface area contributed by atoms with Crippen LogP contribution in [0.1, 0.15) is 23.2 Å². The number of phenols is 1. The molecular formula is C12H14ClNO2. The van der Waals surface area contributed by atoms with Crippen LogP contribution in [0, 0.1) is 0 Å². The number of carbonyl (C=O) groups is 1. The molecule has 16 heavy (non-hydrogen) atoms. The van der Waals surface area contributed by atoms with Crippen LogP contribution in [-0.4, -0.2) is 34.4 Å². The highest BCUT2D eigenvalue weighted by Gasteiger charge is 2.24. The lowest BCUT2D eigenvalue weighted by molar-refractivity contribution is 0.0724. The molecular weight excluding hydrogens is 226 g/mol. The number of alkyl halides is 1. The zero-order valence-corrected chi connectivity index (χ0v) is 9.65. The lowest BCUT2D eigenvalue weighted by atomic mass is 10.1. The van der Waals surface area contributed by atoms with Gasteiger partial charge < -0.3 is 10.0 Å². The van der Waals surface area contributed by atoms with Gasteiger partial charge in [-0.05, 0) is 25.0 Å². The molecule has 1 saturated heterocycles. The molecule has 0 aliphatic carbocycles. The average molecular weight is 240 g/mol. The fourth-order valence-electron chi connectivity index (χ4n) is 1.93. The van der Waals surface area contributed by atoms with Gasteiger partial charge in [0.25, 0.3) is 5.91 Å². The van der Waals surface area contributed by atoms with Gasteiger partial charge in [-0.15, -0.1) is 11.6 Å². The third-order valence-electron chi connectivity index (χ3n) is 2.79. The highest BCUT2D eigenvalue weighted by Crippen LogP contribution is 2.21. The fourth-order valence-corrected chi connectivity index (χ4v) is 2.26. The van der Waals surface area contributed by atoms with Crippen molar-refractivity contribution in [1.29, 1.82) is 0 Å². The minimum absolute atomic E-state index is 0.0311. The van der Waals surface area contributed by atoms with Gasteiger partial charge in [0.2, 0.25) is 0 Å². The molecule has 4 heteroatoms. The molecule has 1 fully saturated rings. The number of carbonyl (C=O) groups excluding carboxylic acids is 1. The number of benzene rings is 1. The van der Waals surface area contributed by atoms with E-state index in [0.29, 0.717) is 12.1 Å². The Bertz CT molecular complexity index is 394. The minimum atomic E-state index is -0.136. The predicted octanol–water partition coefficient (Wildman–Crippen LogP) is 2.24. The number of para-hydroxylation sites is 1. The van der Waals surface area contributed by atoms with E-state index in [0.717, 1.165) is 19.4 Å². The van der Waals surface area contributed by atoms with E-state index in [1.807, 2.05) is 0 Å². The summed E-state index contributed by atoms with van der Waals surface area (Å²) in [6.07, 6.45) is 1.87. The monoisotopic (exact) mass is 239 g/mol. The van der Waals surface area contributed by atoms with E-state index in [-0.39, 0.29) is 17.0 Å². The molecule has 1 aliphatic rings. The van der Waals surface area contributed by atoms with E-state index in [4.69, 9.17) is 11.6 Å². The Kier molecular flexibility index (Phi) is 3.34. The molecule has 1 aliphatic heterocycles. The summed E-state index contributed by atoms with van der Waals surface area (Å²) in [5.41, 5.74) is 0.355. The van der Waals surface area contributed by atoms with E-state index in [1.54, 1.807) is 23.1 Å². The van der Waals surface area contributed by atoms with Gasteiger partial charge in [0.15, 0.2) is 0 Å². The largest absolute Gasteiger partial charge is 0.507 e. The second-order valence-corrected chi connectivity index (χ2v) is 4.63. The van der Waals surface area contributed by atoms with E-state index in [1.165, 1.54) is 6.07 Å². The first-order valence-corrected chi connectivity index (χ1v) is 5.83. The minimum Gasteiger partial charge on any atom is -0.507 e. The van der Waals surface area contributed by atoms with Gasteiger partial charge in [-0.25, -0.2) is 0 Å². The zero-order chi connectivity index (χ0) is 11.5. The lowest BCUT2D eigenvalue weighted by Crippen LogP contribution is -2.40. The number of piperidine rings is 1. The van der Waals surface area contributed by atoms with Crippen molar-refractivity contribution in [1.82, 2.24) is 4.90 Å². The molecule has 1 atom stereocenters.